The van der Waals surface area contributed by atoms with Gasteiger partial charge in [0.2, 0.25) is 0 Å². The van der Waals surface area contributed by atoms with Gasteiger partial charge in [0, 0.05) is 12.5 Å². The summed E-state index contributed by atoms with van der Waals surface area (Å²) in [6.07, 6.45) is -9.77. The van der Waals surface area contributed by atoms with E-state index in [1.54, 1.807) is 13.0 Å². The minimum absolute atomic E-state index is 0.114. The highest BCUT2D eigenvalue weighted by Gasteiger charge is 2.38. The van der Waals surface area contributed by atoms with E-state index in [-0.39, 0.29) is 17.5 Å². The van der Waals surface area contributed by atoms with Crippen LogP contribution in [-0.4, -0.2) is 19.2 Å². The third kappa shape index (κ3) is 5.13. The first-order chi connectivity index (χ1) is 14.0. The number of aryl methyl sites for hydroxylation is 1. The summed E-state index contributed by atoms with van der Waals surface area (Å²) in [5, 5.41) is 3.18. The van der Waals surface area contributed by atoms with E-state index in [9.17, 15) is 30.7 Å². The molecule has 1 N–H and O–H groups in total. The van der Waals surface area contributed by atoms with Crippen molar-refractivity contribution in [2.24, 2.45) is 0 Å². The van der Waals surface area contributed by atoms with Crippen LogP contribution in [0.5, 0.6) is 0 Å². The predicted octanol–water partition coefficient (Wildman–Crippen LogP) is 5.83. The van der Waals surface area contributed by atoms with Gasteiger partial charge in [-0.15, -0.1) is 0 Å². The topological polar surface area (TPSA) is 21.3 Å². The molecular weight excluding hydrogens is 415 g/mol. The van der Waals surface area contributed by atoms with Gasteiger partial charge in [0.15, 0.2) is 0 Å². The molecular formula is C21H20F7NO. The van der Waals surface area contributed by atoms with Crippen molar-refractivity contribution < 1.29 is 35.5 Å². The number of hydrogen-bond donors (Lipinski definition) is 1. The molecule has 0 amide bonds. The van der Waals surface area contributed by atoms with Crippen molar-refractivity contribution in [3.8, 4) is 0 Å². The maximum Gasteiger partial charge on any atom is 0.416 e. The molecule has 2 unspecified atom stereocenters. The zero-order valence-electron chi connectivity index (χ0n) is 16.0. The molecule has 1 heterocycles. The second-order valence-corrected chi connectivity index (χ2v) is 7.32. The quantitative estimate of drug-likeness (QED) is 0.610. The highest BCUT2D eigenvalue weighted by molar-refractivity contribution is 5.35. The molecule has 2 atom stereocenters. The van der Waals surface area contributed by atoms with Crippen molar-refractivity contribution in [2.75, 3.05) is 13.1 Å². The Kier molecular flexibility index (Phi) is 6.43. The highest BCUT2D eigenvalue weighted by atomic mass is 19.4. The zero-order valence-corrected chi connectivity index (χ0v) is 16.0. The smallest absolute Gasteiger partial charge is 0.373 e. The van der Waals surface area contributed by atoms with Crippen LogP contribution < -0.4 is 5.32 Å². The lowest BCUT2D eigenvalue weighted by Crippen LogP contribution is -2.40. The van der Waals surface area contributed by atoms with E-state index in [1.807, 2.05) is 0 Å². The monoisotopic (exact) mass is 435 g/mol. The van der Waals surface area contributed by atoms with E-state index < -0.39 is 42.0 Å². The van der Waals surface area contributed by atoms with Crippen molar-refractivity contribution in [3.63, 3.8) is 0 Å². The van der Waals surface area contributed by atoms with E-state index in [0.29, 0.717) is 31.1 Å². The number of alkyl halides is 6. The Labute approximate surface area is 169 Å². The average Bonchev–Trinajstić information content (AvgIpc) is 2.65. The number of hydrogen-bond acceptors (Lipinski definition) is 2. The van der Waals surface area contributed by atoms with Gasteiger partial charge in [-0.2, -0.15) is 26.3 Å². The molecule has 1 fully saturated rings. The Hall–Kier alpha value is -2.13. The van der Waals surface area contributed by atoms with Crippen LogP contribution >= 0.6 is 0 Å². The lowest BCUT2D eigenvalue weighted by Gasteiger charge is -2.33. The van der Waals surface area contributed by atoms with Crippen molar-refractivity contribution >= 4 is 0 Å². The molecule has 0 aliphatic carbocycles. The molecule has 2 nitrogen and oxygen atoms in total. The predicted molar refractivity (Wildman–Crippen MR) is 96.4 cm³/mol. The summed E-state index contributed by atoms with van der Waals surface area (Å²) in [7, 11) is 0. The first-order valence-electron chi connectivity index (χ1n) is 9.32. The lowest BCUT2D eigenvalue weighted by atomic mass is 9.86. The van der Waals surface area contributed by atoms with Gasteiger partial charge >= 0.3 is 12.4 Å². The summed E-state index contributed by atoms with van der Waals surface area (Å²) in [5.74, 6) is -0.611. The van der Waals surface area contributed by atoms with E-state index >= 15 is 0 Å². The van der Waals surface area contributed by atoms with Gasteiger partial charge in [0.05, 0.1) is 23.8 Å². The van der Waals surface area contributed by atoms with Gasteiger partial charge in [0.1, 0.15) is 5.82 Å². The molecule has 3 rings (SSSR count). The van der Waals surface area contributed by atoms with Gasteiger partial charge in [-0.3, -0.25) is 0 Å². The minimum Gasteiger partial charge on any atom is -0.373 e. The Morgan fingerprint density at radius 3 is 2.37 bits per heavy atom. The van der Waals surface area contributed by atoms with Crippen LogP contribution in [0.15, 0.2) is 36.4 Å². The van der Waals surface area contributed by atoms with Gasteiger partial charge in [0.25, 0.3) is 0 Å². The number of ether oxygens (including phenoxy) is 1. The van der Waals surface area contributed by atoms with Crippen LogP contribution in [-0.2, 0) is 23.7 Å². The summed E-state index contributed by atoms with van der Waals surface area (Å²) in [4.78, 5) is 0. The fraction of sp³-hybridized carbons (Fsp3) is 0.429. The summed E-state index contributed by atoms with van der Waals surface area (Å²) >= 11 is 0. The molecule has 0 spiro atoms. The van der Waals surface area contributed by atoms with Crippen molar-refractivity contribution in [3.05, 3.63) is 70.0 Å². The number of halogens is 7. The van der Waals surface area contributed by atoms with Crippen LogP contribution in [0.1, 0.15) is 40.2 Å². The molecule has 30 heavy (non-hydrogen) atoms. The number of nitrogens with one attached hydrogen (secondary N) is 1. The Morgan fingerprint density at radius 2 is 1.73 bits per heavy atom. The maximum atomic E-state index is 13.4. The first kappa shape index (κ1) is 22.6. The standard InChI is InChI=1S/C21H20F7NO/c1-12-8-15(22)4-5-16(12)17-10-29-7-6-19(17)30-11-13-2-3-14(20(23,24)25)9-18(13)21(26,27)28/h2-5,8-9,17,19,29H,6-7,10-11H2,1H3. The summed E-state index contributed by atoms with van der Waals surface area (Å²) in [6.45, 7) is 2.34. The van der Waals surface area contributed by atoms with Crippen LogP contribution in [0.3, 0.4) is 0 Å². The molecule has 0 saturated carbocycles. The first-order valence-corrected chi connectivity index (χ1v) is 9.32. The third-order valence-corrected chi connectivity index (χ3v) is 5.25. The fourth-order valence-corrected chi connectivity index (χ4v) is 3.74. The number of benzene rings is 2. The Balaban J connectivity index is 1.84. The summed E-state index contributed by atoms with van der Waals surface area (Å²) in [5.41, 5.74) is -1.57. The van der Waals surface area contributed by atoms with E-state index in [4.69, 9.17) is 4.74 Å². The Bertz CT molecular complexity index is 892. The normalized spacial score (nSPS) is 20.4. The SMILES string of the molecule is Cc1cc(F)ccc1C1CNCCC1OCc1ccc(C(F)(F)F)cc1C(F)(F)F. The molecule has 0 aromatic heterocycles. The van der Waals surface area contributed by atoms with Crippen LogP contribution in [0, 0.1) is 12.7 Å². The highest BCUT2D eigenvalue weighted by Crippen LogP contribution is 2.38. The zero-order chi connectivity index (χ0) is 22.1. The second kappa shape index (κ2) is 8.55. The molecule has 2 aromatic rings. The van der Waals surface area contributed by atoms with Gasteiger partial charge in [-0.25, -0.2) is 4.39 Å². The van der Waals surface area contributed by atoms with E-state index in [0.717, 1.165) is 11.6 Å². The van der Waals surface area contributed by atoms with Gasteiger partial charge < -0.3 is 10.1 Å². The lowest BCUT2D eigenvalue weighted by molar-refractivity contribution is -0.144. The second-order valence-electron chi connectivity index (χ2n) is 7.32. The molecule has 1 aliphatic heterocycles. The molecule has 1 aliphatic rings. The molecule has 9 heteroatoms. The van der Waals surface area contributed by atoms with Crippen LogP contribution in [0.4, 0.5) is 30.7 Å². The number of rotatable bonds is 4. The largest absolute Gasteiger partial charge is 0.416 e. The number of piperidine rings is 1. The van der Waals surface area contributed by atoms with Crippen LogP contribution in [0.25, 0.3) is 0 Å². The molecule has 164 valence electrons. The van der Waals surface area contributed by atoms with Crippen molar-refractivity contribution in [1.29, 1.82) is 0 Å². The third-order valence-electron chi connectivity index (χ3n) is 5.25. The van der Waals surface area contributed by atoms with Crippen molar-refractivity contribution in [1.82, 2.24) is 5.32 Å². The van der Waals surface area contributed by atoms with Crippen molar-refractivity contribution in [2.45, 2.75) is 44.3 Å². The fourth-order valence-electron chi connectivity index (χ4n) is 3.74. The summed E-state index contributed by atoms with van der Waals surface area (Å²) in [6, 6.07) is 5.85. The van der Waals surface area contributed by atoms with E-state index in [2.05, 4.69) is 5.32 Å². The molecule has 1 saturated heterocycles. The van der Waals surface area contributed by atoms with Gasteiger partial charge in [-0.1, -0.05) is 12.1 Å². The minimum atomic E-state index is -4.94. The molecule has 2 aromatic carbocycles. The van der Waals surface area contributed by atoms with Gasteiger partial charge in [-0.05, 0) is 60.8 Å². The van der Waals surface area contributed by atoms with Crippen LogP contribution in [0.2, 0.25) is 0 Å². The molecule has 0 radical (unpaired) electrons. The van der Waals surface area contributed by atoms with E-state index in [1.165, 1.54) is 12.1 Å². The summed E-state index contributed by atoms with van der Waals surface area (Å²) < 4.78 is 97.7. The maximum absolute atomic E-state index is 13.4. The molecule has 0 bridgehead atoms. The average molecular weight is 435 g/mol. The Morgan fingerprint density at radius 1 is 1.00 bits per heavy atom.